The molecule has 84 valence electrons. The number of carbonyl (C=O) groups excluding carboxylic acids is 3. The van der Waals surface area contributed by atoms with Crippen LogP contribution in [0.15, 0.2) is 0 Å². The van der Waals surface area contributed by atoms with Crippen molar-refractivity contribution >= 4 is 18.2 Å². The first-order valence-electron chi connectivity index (χ1n) is 5.11. The summed E-state index contributed by atoms with van der Waals surface area (Å²) < 4.78 is 0. The third-order valence-corrected chi connectivity index (χ3v) is 2.28. The summed E-state index contributed by atoms with van der Waals surface area (Å²) >= 11 is 0. The zero-order valence-corrected chi connectivity index (χ0v) is 9.03. The standard InChI is InChI=1S/C10H16N2O3/c1-7(2)6-8-9(14)12(4-3-5-13)10(15)11-8/h5,7-8H,3-4,6H2,1-2H3,(H,11,15). The van der Waals surface area contributed by atoms with Gasteiger partial charge >= 0.3 is 6.03 Å². The van der Waals surface area contributed by atoms with Crippen molar-refractivity contribution in [1.29, 1.82) is 0 Å². The molecule has 3 amide bonds. The molecule has 1 aliphatic rings. The van der Waals surface area contributed by atoms with Crippen LogP contribution in [0.2, 0.25) is 0 Å². The Labute approximate surface area is 88.8 Å². The first-order valence-corrected chi connectivity index (χ1v) is 5.11. The lowest BCUT2D eigenvalue weighted by atomic mass is 10.0. The van der Waals surface area contributed by atoms with Crippen molar-refractivity contribution < 1.29 is 14.4 Å². The molecular formula is C10H16N2O3. The highest BCUT2D eigenvalue weighted by Crippen LogP contribution is 2.13. The van der Waals surface area contributed by atoms with Gasteiger partial charge in [-0.05, 0) is 12.3 Å². The quantitative estimate of drug-likeness (QED) is 0.534. The SMILES string of the molecule is CC(C)CC1NC(=O)N(CCC=O)C1=O. The second kappa shape index (κ2) is 4.91. The van der Waals surface area contributed by atoms with Gasteiger partial charge < -0.3 is 10.1 Å². The number of amides is 3. The Morgan fingerprint density at radius 3 is 2.67 bits per heavy atom. The molecule has 0 aromatic rings. The molecule has 0 aliphatic carbocycles. The van der Waals surface area contributed by atoms with Crippen molar-refractivity contribution in [2.75, 3.05) is 6.54 Å². The summed E-state index contributed by atoms with van der Waals surface area (Å²) in [6.45, 7) is 4.17. The number of imide groups is 1. The van der Waals surface area contributed by atoms with E-state index < -0.39 is 6.04 Å². The van der Waals surface area contributed by atoms with Crippen LogP contribution >= 0.6 is 0 Å². The number of urea groups is 1. The summed E-state index contributed by atoms with van der Waals surface area (Å²) in [4.78, 5) is 34.3. The highest BCUT2D eigenvalue weighted by molar-refractivity contribution is 6.04. The maximum absolute atomic E-state index is 11.7. The Kier molecular flexibility index (Phi) is 3.82. The largest absolute Gasteiger partial charge is 0.326 e. The molecule has 5 heteroatoms. The topological polar surface area (TPSA) is 66.5 Å². The number of carbonyl (C=O) groups is 3. The molecule has 1 unspecified atom stereocenters. The van der Waals surface area contributed by atoms with Gasteiger partial charge in [-0.1, -0.05) is 13.8 Å². The Morgan fingerprint density at radius 2 is 2.13 bits per heavy atom. The molecule has 0 saturated carbocycles. The molecular weight excluding hydrogens is 196 g/mol. The maximum Gasteiger partial charge on any atom is 0.324 e. The lowest BCUT2D eigenvalue weighted by Crippen LogP contribution is -2.32. The van der Waals surface area contributed by atoms with Gasteiger partial charge in [-0.15, -0.1) is 0 Å². The van der Waals surface area contributed by atoms with E-state index in [-0.39, 0.29) is 24.9 Å². The van der Waals surface area contributed by atoms with Crippen LogP contribution in [0, 0.1) is 5.92 Å². The molecule has 0 spiro atoms. The van der Waals surface area contributed by atoms with Gasteiger partial charge in [-0.3, -0.25) is 9.69 Å². The first kappa shape index (κ1) is 11.7. The predicted octanol–water partition coefficient (Wildman–Crippen LogP) is 0.542. The molecule has 1 fully saturated rings. The Morgan fingerprint density at radius 1 is 1.47 bits per heavy atom. The summed E-state index contributed by atoms with van der Waals surface area (Å²) in [7, 11) is 0. The van der Waals surface area contributed by atoms with Crippen LogP contribution in [-0.4, -0.2) is 35.7 Å². The van der Waals surface area contributed by atoms with Gasteiger partial charge in [0.2, 0.25) is 0 Å². The van der Waals surface area contributed by atoms with Crippen molar-refractivity contribution in [3.05, 3.63) is 0 Å². The third kappa shape index (κ3) is 2.78. The van der Waals surface area contributed by atoms with Crippen LogP contribution in [0.5, 0.6) is 0 Å². The monoisotopic (exact) mass is 212 g/mol. The van der Waals surface area contributed by atoms with Crippen LogP contribution in [0.25, 0.3) is 0 Å². The van der Waals surface area contributed by atoms with E-state index in [4.69, 9.17) is 0 Å². The lowest BCUT2D eigenvalue weighted by molar-refractivity contribution is -0.127. The van der Waals surface area contributed by atoms with Crippen LogP contribution in [-0.2, 0) is 9.59 Å². The van der Waals surface area contributed by atoms with E-state index in [0.717, 1.165) is 4.90 Å². The number of rotatable bonds is 5. The van der Waals surface area contributed by atoms with E-state index in [1.807, 2.05) is 13.8 Å². The van der Waals surface area contributed by atoms with Crippen molar-refractivity contribution in [3.8, 4) is 0 Å². The van der Waals surface area contributed by atoms with E-state index >= 15 is 0 Å². The summed E-state index contributed by atoms with van der Waals surface area (Å²) in [5, 5.41) is 2.62. The first-order chi connectivity index (χ1) is 7.06. The summed E-state index contributed by atoms with van der Waals surface area (Å²) in [5.74, 6) is 0.140. The number of aldehydes is 1. The Hall–Kier alpha value is -1.39. The number of nitrogens with zero attached hydrogens (tertiary/aromatic N) is 1. The lowest BCUT2D eigenvalue weighted by Gasteiger charge is -2.12. The van der Waals surface area contributed by atoms with E-state index in [1.165, 1.54) is 0 Å². The average molecular weight is 212 g/mol. The average Bonchev–Trinajstić information content (AvgIpc) is 2.39. The molecule has 5 nitrogen and oxygen atoms in total. The molecule has 0 bridgehead atoms. The van der Waals surface area contributed by atoms with Crippen LogP contribution in [0.1, 0.15) is 26.7 Å². The zero-order chi connectivity index (χ0) is 11.4. The van der Waals surface area contributed by atoms with Crippen molar-refractivity contribution in [1.82, 2.24) is 10.2 Å². The van der Waals surface area contributed by atoms with E-state index in [2.05, 4.69) is 5.32 Å². The van der Waals surface area contributed by atoms with Crippen molar-refractivity contribution in [3.63, 3.8) is 0 Å². The minimum Gasteiger partial charge on any atom is -0.326 e. The number of nitrogens with one attached hydrogen (secondary N) is 1. The van der Waals surface area contributed by atoms with Gasteiger partial charge in [0, 0.05) is 13.0 Å². The Bertz CT molecular complexity index is 276. The summed E-state index contributed by atoms with van der Waals surface area (Å²) in [5.41, 5.74) is 0. The molecule has 0 radical (unpaired) electrons. The highest BCUT2D eigenvalue weighted by Gasteiger charge is 2.37. The fourth-order valence-electron chi connectivity index (χ4n) is 1.60. The molecule has 1 rings (SSSR count). The zero-order valence-electron chi connectivity index (χ0n) is 9.03. The van der Waals surface area contributed by atoms with Gasteiger partial charge in [0.25, 0.3) is 5.91 Å². The second-order valence-corrected chi connectivity index (χ2v) is 4.08. The van der Waals surface area contributed by atoms with Gasteiger partial charge in [0.15, 0.2) is 0 Å². The fraction of sp³-hybridized carbons (Fsp3) is 0.700. The molecule has 0 aromatic carbocycles. The smallest absolute Gasteiger partial charge is 0.324 e. The van der Waals surface area contributed by atoms with E-state index in [0.29, 0.717) is 18.6 Å². The van der Waals surface area contributed by atoms with E-state index in [9.17, 15) is 14.4 Å². The number of hydrogen-bond acceptors (Lipinski definition) is 3. The molecule has 1 atom stereocenters. The number of hydrogen-bond donors (Lipinski definition) is 1. The summed E-state index contributed by atoms with van der Waals surface area (Å²) in [6.07, 6.45) is 1.55. The van der Waals surface area contributed by atoms with E-state index in [1.54, 1.807) is 0 Å². The van der Waals surface area contributed by atoms with Gasteiger partial charge in [0.1, 0.15) is 12.3 Å². The van der Waals surface area contributed by atoms with Crippen LogP contribution in [0.4, 0.5) is 4.79 Å². The predicted molar refractivity (Wildman–Crippen MR) is 54.2 cm³/mol. The third-order valence-electron chi connectivity index (χ3n) is 2.28. The maximum atomic E-state index is 11.7. The molecule has 0 aromatic heterocycles. The minimum absolute atomic E-state index is 0.183. The molecule has 1 saturated heterocycles. The van der Waals surface area contributed by atoms with Crippen LogP contribution < -0.4 is 5.32 Å². The van der Waals surface area contributed by atoms with Crippen molar-refractivity contribution in [2.24, 2.45) is 5.92 Å². The van der Waals surface area contributed by atoms with Gasteiger partial charge in [0.05, 0.1) is 0 Å². The second-order valence-electron chi connectivity index (χ2n) is 4.08. The molecule has 1 N–H and O–H groups in total. The fourth-order valence-corrected chi connectivity index (χ4v) is 1.60. The Balaban J connectivity index is 2.57. The summed E-state index contributed by atoms with van der Waals surface area (Å²) in [6, 6.07) is -0.795. The van der Waals surface area contributed by atoms with Crippen LogP contribution in [0.3, 0.4) is 0 Å². The van der Waals surface area contributed by atoms with Crippen molar-refractivity contribution in [2.45, 2.75) is 32.7 Å². The van der Waals surface area contributed by atoms with Gasteiger partial charge in [-0.25, -0.2) is 4.79 Å². The molecule has 1 heterocycles. The normalized spacial score (nSPS) is 21.0. The highest BCUT2D eigenvalue weighted by atomic mass is 16.2. The van der Waals surface area contributed by atoms with Gasteiger partial charge in [-0.2, -0.15) is 0 Å². The molecule has 15 heavy (non-hydrogen) atoms. The minimum atomic E-state index is -0.413. The molecule has 1 aliphatic heterocycles.